The molecule has 1 saturated heterocycles. The molecule has 0 spiro atoms. The molecule has 0 saturated carbocycles. The van der Waals surface area contributed by atoms with Gasteiger partial charge in [0, 0.05) is 13.1 Å². The number of aromatic nitrogens is 2. The summed E-state index contributed by atoms with van der Waals surface area (Å²) in [6.07, 6.45) is 9.01. The lowest BCUT2D eigenvalue weighted by Gasteiger charge is -2.30. The molecule has 1 aliphatic heterocycles. The molecule has 0 radical (unpaired) electrons. The molecule has 0 N–H and O–H groups in total. The molecular formula is C15H23N3O. The predicted octanol–water partition coefficient (Wildman–Crippen LogP) is 2.91. The fourth-order valence-electron chi connectivity index (χ4n) is 3.01. The zero-order valence-electron chi connectivity index (χ0n) is 11.9. The van der Waals surface area contributed by atoms with Crippen LogP contribution >= 0.6 is 0 Å². The van der Waals surface area contributed by atoms with Crippen molar-refractivity contribution in [2.45, 2.75) is 46.0 Å². The number of amides is 1. The lowest BCUT2D eigenvalue weighted by Crippen LogP contribution is -2.32. The summed E-state index contributed by atoms with van der Waals surface area (Å²) in [4.78, 5) is 14.4. The van der Waals surface area contributed by atoms with Crippen molar-refractivity contribution in [3.63, 3.8) is 0 Å². The highest BCUT2D eigenvalue weighted by Gasteiger charge is 2.30. The normalized spacial score (nSPS) is 18.9. The van der Waals surface area contributed by atoms with E-state index in [1.807, 2.05) is 4.90 Å². The third-order valence-electron chi connectivity index (χ3n) is 4.67. The molecular weight excluding hydrogens is 238 g/mol. The van der Waals surface area contributed by atoms with Crippen molar-refractivity contribution in [1.82, 2.24) is 15.1 Å². The SMILES string of the molecule is CCC1(CC)CCCN(C(=O)c2ccnnc2)CC1. The van der Waals surface area contributed by atoms with Gasteiger partial charge >= 0.3 is 0 Å². The second kappa shape index (κ2) is 6.13. The Morgan fingerprint density at radius 1 is 1.26 bits per heavy atom. The summed E-state index contributed by atoms with van der Waals surface area (Å²) in [5.41, 5.74) is 1.08. The van der Waals surface area contributed by atoms with Crippen molar-refractivity contribution < 1.29 is 4.79 Å². The monoisotopic (exact) mass is 261 g/mol. The summed E-state index contributed by atoms with van der Waals surface area (Å²) in [7, 11) is 0. The molecule has 4 nitrogen and oxygen atoms in total. The number of carbonyl (C=O) groups is 1. The Morgan fingerprint density at radius 2 is 2.05 bits per heavy atom. The molecule has 19 heavy (non-hydrogen) atoms. The summed E-state index contributed by atoms with van der Waals surface area (Å²) in [5, 5.41) is 7.51. The van der Waals surface area contributed by atoms with Crippen LogP contribution in [-0.2, 0) is 0 Å². The third kappa shape index (κ3) is 3.11. The van der Waals surface area contributed by atoms with Crippen molar-refractivity contribution in [3.8, 4) is 0 Å². The van der Waals surface area contributed by atoms with Gasteiger partial charge in [-0.1, -0.05) is 26.7 Å². The van der Waals surface area contributed by atoms with Crippen LogP contribution in [0.25, 0.3) is 0 Å². The van der Waals surface area contributed by atoms with E-state index in [1.54, 1.807) is 18.5 Å². The van der Waals surface area contributed by atoms with Crippen LogP contribution in [0.1, 0.15) is 56.3 Å². The number of hydrogen-bond donors (Lipinski definition) is 0. The van der Waals surface area contributed by atoms with Gasteiger partial charge in [0.15, 0.2) is 0 Å². The first-order valence-corrected chi connectivity index (χ1v) is 7.27. The van der Waals surface area contributed by atoms with Crippen LogP contribution in [0.5, 0.6) is 0 Å². The van der Waals surface area contributed by atoms with E-state index in [4.69, 9.17) is 0 Å². The fraction of sp³-hybridized carbons (Fsp3) is 0.667. The molecule has 2 heterocycles. The topological polar surface area (TPSA) is 46.1 Å². The Balaban J connectivity index is 2.05. The number of carbonyl (C=O) groups excluding carboxylic acids is 1. The Hall–Kier alpha value is -1.45. The van der Waals surface area contributed by atoms with Gasteiger partial charge in [-0.15, -0.1) is 0 Å². The van der Waals surface area contributed by atoms with Gasteiger partial charge < -0.3 is 4.90 Å². The van der Waals surface area contributed by atoms with Gasteiger partial charge in [0.25, 0.3) is 5.91 Å². The van der Waals surface area contributed by atoms with E-state index in [1.165, 1.54) is 19.3 Å². The fourth-order valence-corrected chi connectivity index (χ4v) is 3.01. The van der Waals surface area contributed by atoms with Crippen LogP contribution in [0.3, 0.4) is 0 Å². The Bertz CT molecular complexity index is 415. The summed E-state index contributed by atoms with van der Waals surface area (Å²) in [6, 6.07) is 1.74. The average Bonchev–Trinajstić information content (AvgIpc) is 2.70. The van der Waals surface area contributed by atoms with Crippen molar-refractivity contribution in [2.75, 3.05) is 13.1 Å². The van der Waals surface area contributed by atoms with E-state index in [0.717, 1.165) is 25.9 Å². The third-order valence-corrected chi connectivity index (χ3v) is 4.67. The maximum Gasteiger partial charge on any atom is 0.255 e. The zero-order valence-corrected chi connectivity index (χ0v) is 11.9. The maximum atomic E-state index is 12.4. The maximum absolute atomic E-state index is 12.4. The smallest absolute Gasteiger partial charge is 0.255 e. The van der Waals surface area contributed by atoms with Crippen LogP contribution in [-0.4, -0.2) is 34.1 Å². The molecule has 2 rings (SSSR count). The van der Waals surface area contributed by atoms with E-state index in [9.17, 15) is 4.79 Å². The first-order chi connectivity index (χ1) is 9.21. The number of nitrogens with zero attached hydrogens (tertiary/aromatic N) is 3. The molecule has 1 aromatic rings. The second-order valence-electron chi connectivity index (χ2n) is 5.48. The Morgan fingerprint density at radius 3 is 2.68 bits per heavy atom. The molecule has 4 heteroatoms. The van der Waals surface area contributed by atoms with Gasteiger partial charge in [0.1, 0.15) is 0 Å². The number of hydrogen-bond acceptors (Lipinski definition) is 3. The lowest BCUT2D eigenvalue weighted by molar-refractivity contribution is 0.0753. The molecule has 1 amide bonds. The zero-order chi connectivity index (χ0) is 13.7. The van der Waals surface area contributed by atoms with Crippen LogP contribution < -0.4 is 0 Å². The highest BCUT2D eigenvalue weighted by atomic mass is 16.2. The van der Waals surface area contributed by atoms with Crippen molar-refractivity contribution in [2.24, 2.45) is 5.41 Å². The summed E-state index contributed by atoms with van der Waals surface area (Å²) >= 11 is 0. The van der Waals surface area contributed by atoms with E-state index in [2.05, 4.69) is 24.0 Å². The van der Waals surface area contributed by atoms with Gasteiger partial charge in [-0.2, -0.15) is 10.2 Å². The molecule has 1 aliphatic rings. The minimum Gasteiger partial charge on any atom is -0.339 e. The molecule has 0 bridgehead atoms. The van der Waals surface area contributed by atoms with Gasteiger partial charge in [-0.25, -0.2) is 0 Å². The van der Waals surface area contributed by atoms with E-state index < -0.39 is 0 Å². The summed E-state index contributed by atoms with van der Waals surface area (Å²) in [6.45, 7) is 6.27. The molecule has 0 aromatic carbocycles. The van der Waals surface area contributed by atoms with Crippen molar-refractivity contribution >= 4 is 5.91 Å². The lowest BCUT2D eigenvalue weighted by atomic mass is 9.76. The first kappa shape index (κ1) is 14.0. The molecule has 1 aromatic heterocycles. The minimum absolute atomic E-state index is 0.0953. The van der Waals surface area contributed by atoms with Gasteiger partial charge in [-0.05, 0) is 30.7 Å². The van der Waals surface area contributed by atoms with E-state index in [-0.39, 0.29) is 5.91 Å². The Labute approximate surface area is 115 Å². The molecule has 0 atom stereocenters. The summed E-state index contributed by atoms with van der Waals surface area (Å²) < 4.78 is 0. The largest absolute Gasteiger partial charge is 0.339 e. The van der Waals surface area contributed by atoms with Crippen molar-refractivity contribution in [3.05, 3.63) is 24.0 Å². The van der Waals surface area contributed by atoms with Crippen LogP contribution in [0.15, 0.2) is 18.5 Å². The van der Waals surface area contributed by atoms with E-state index >= 15 is 0 Å². The van der Waals surface area contributed by atoms with Crippen LogP contribution in [0.4, 0.5) is 0 Å². The van der Waals surface area contributed by atoms with Gasteiger partial charge in [0.05, 0.1) is 18.0 Å². The van der Waals surface area contributed by atoms with Crippen LogP contribution in [0, 0.1) is 5.41 Å². The minimum atomic E-state index is 0.0953. The molecule has 104 valence electrons. The molecule has 1 fully saturated rings. The standard InChI is InChI=1S/C15H23N3O/c1-3-15(4-2)7-5-10-18(11-8-15)14(19)13-6-9-16-17-12-13/h6,9,12H,3-5,7-8,10-11H2,1-2H3. The quantitative estimate of drug-likeness (QED) is 0.840. The highest BCUT2D eigenvalue weighted by Crippen LogP contribution is 2.38. The summed E-state index contributed by atoms with van der Waals surface area (Å²) in [5.74, 6) is 0.0953. The predicted molar refractivity (Wildman–Crippen MR) is 74.8 cm³/mol. The number of rotatable bonds is 3. The Kier molecular flexibility index (Phi) is 4.51. The average molecular weight is 261 g/mol. The first-order valence-electron chi connectivity index (χ1n) is 7.27. The van der Waals surface area contributed by atoms with E-state index in [0.29, 0.717) is 11.0 Å². The molecule has 0 unspecified atom stereocenters. The second-order valence-corrected chi connectivity index (χ2v) is 5.48. The number of likely N-dealkylation sites (tertiary alicyclic amines) is 1. The van der Waals surface area contributed by atoms with Crippen LogP contribution in [0.2, 0.25) is 0 Å². The van der Waals surface area contributed by atoms with Gasteiger partial charge in [-0.3, -0.25) is 4.79 Å². The van der Waals surface area contributed by atoms with Crippen molar-refractivity contribution in [1.29, 1.82) is 0 Å². The molecule has 0 aliphatic carbocycles. The van der Waals surface area contributed by atoms with Gasteiger partial charge in [0.2, 0.25) is 0 Å². The highest BCUT2D eigenvalue weighted by molar-refractivity contribution is 5.93.